The van der Waals surface area contributed by atoms with Crippen molar-refractivity contribution in [2.24, 2.45) is 0 Å². The minimum absolute atomic E-state index is 0.187. The first-order valence-electron chi connectivity index (χ1n) is 4.91. The van der Waals surface area contributed by atoms with Gasteiger partial charge in [-0.15, -0.1) is 0 Å². The first-order chi connectivity index (χ1) is 7.70. The van der Waals surface area contributed by atoms with Crippen LogP contribution in [0.2, 0.25) is 0 Å². The highest BCUT2D eigenvalue weighted by Crippen LogP contribution is 2.17. The minimum atomic E-state index is -0.982. The topological polar surface area (TPSA) is 72.6 Å². The lowest BCUT2D eigenvalue weighted by Crippen LogP contribution is -1.94. The second-order valence-corrected chi connectivity index (χ2v) is 3.23. The summed E-state index contributed by atoms with van der Waals surface area (Å²) in [6, 6.07) is 4.58. The average Bonchev–Trinajstić information content (AvgIpc) is 2.67. The van der Waals surface area contributed by atoms with Gasteiger partial charge >= 0.3 is 5.97 Å². The standard InChI is InChI=1S/C11H11NO4/c1-2-15-6-10-12-8-4-3-7(11(13)14)5-9(8)16-10/h3-5H,2,6H2,1H3,(H,13,14). The lowest BCUT2D eigenvalue weighted by molar-refractivity contribution is 0.0697. The molecule has 1 aromatic carbocycles. The summed E-state index contributed by atoms with van der Waals surface area (Å²) in [5, 5.41) is 8.81. The molecule has 1 heterocycles. The Morgan fingerprint density at radius 2 is 2.38 bits per heavy atom. The van der Waals surface area contributed by atoms with Gasteiger partial charge in [-0.3, -0.25) is 0 Å². The number of fused-ring (bicyclic) bond motifs is 1. The van der Waals surface area contributed by atoms with Gasteiger partial charge in [-0.2, -0.15) is 0 Å². The molecule has 0 radical (unpaired) electrons. The number of rotatable bonds is 4. The summed E-state index contributed by atoms with van der Waals surface area (Å²) in [5.74, 6) is -0.524. The second-order valence-electron chi connectivity index (χ2n) is 3.23. The highest BCUT2D eigenvalue weighted by Gasteiger charge is 2.09. The number of hydrogen-bond acceptors (Lipinski definition) is 4. The molecule has 84 valence electrons. The summed E-state index contributed by atoms with van der Waals surface area (Å²) >= 11 is 0. The monoisotopic (exact) mass is 221 g/mol. The van der Waals surface area contributed by atoms with E-state index < -0.39 is 5.97 Å². The van der Waals surface area contributed by atoms with Gasteiger partial charge in [0.2, 0.25) is 5.89 Å². The molecule has 5 heteroatoms. The Hall–Kier alpha value is -1.88. The largest absolute Gasteiger partial charge is 0.478 e. The normalized spacial score (nSPS) is 10.8. The number of benzene rings is 1. The van der Waals surface area contributed by atoms with Crippen molar-refractivity contribution >= 4 is 17.1 Å². The SMILES string of the molecule is CCOCc1nc2ccc(C(=O)O)cc2o1. The molecule has 0 aliphatic rings. The van der Waals surface area contributed by atoms with Gasteiger partial charge in [0.05, 0.1) is 5.56 Å². The fourth-order valence-electron chi connectivity index (χ4n) is 1.36. The maximum Gasteiger partial charge on any atom is 0.335 e. The Balaban J connectivity index is 2.34. The summed E-state index contributed by atoms with van der Waals surface area (Å²) in [5.41, 5.74) is 1.29. The van der Waals surface area contributed by atoms with Crippen LogP contribution in [0, 0.1) is 0 Å². The number of carboxylic acid groups (broad SMARTS) is 1. The number of nitrogens with zero attached hydrogens (tertiary/aromatic N) is 1. The Labute approximate surface area is 91.7 Å². The zero-order valence-corrected chi connectivity index (χ0v) is 8.77. The Kier molecular flexibility index (Phi) is 2.87. The maximum absolute atomic E-state index is 10.7. The van der Waals surface area contributed by atoms with E-state index in [4.69, 9.17) is 14.3 Å². The van der Waals surface area contributed by atoms with Crippen LogP contribution in [0.1, 0.15) is 23.2 Å². The van der Waals surface area contributed by atoms with Gasteiger partial charge in [0, 0.05) is 6.61 Å². The van der Waals surface area contributed by atoms with Gasteiger partial charge in [0.25, 0.3) is 0 Å². The third kappa shape index (κ3) is 2.04. The first kappa shape index (κ1) is 10.6. The van der Waals surface area contributed by atoms with E-state index in [1.807, 2.05) is 6.92 Å². The molecule has 0 spiro atoms. The lowest BCUT2D eigenvalue weighted by atomic mass is 10.2. The summed E-state index contributed by atoms with van der Waals surface area (Å²) in [6.07, 6.45) is 0. The van der Waals surface area contributed by atoms with Crippen LogP contribution in [0.25, 0.3) is 11.1 Å². The van der Waals surface area contributed by atoms with Crippen LogP contribution in [0.15, 0.2) is 22.6 Å². The summed E-state index contributed by atoms with van der Waals surface area (Å²) in [6.45, 7) is 2.76. The van der Waals surface area contributed by atoms with Crippen LogP contribution >= 0.6 is 0 Å². The van der Waals surface area contributed by atoms with Crippen LogP contribution < -0.4 is 0 Å². The van der Waals surface area contributed by atoms with Crippen molar-refractivity contribution in [3.8, 4) is 0 Å². The fraction of sp³-hybridized carbons (Fsp3) is 0.273. The van der Waals surface area contributed by atoms with E-state index in [0.29, 0.717) is 30.2 Å². The molecule has 0 unspecified atom stereocenters. The van der Waals surface area contributed by atoms with Gasteiger partial charge in [-0.25, -0.2) is 9.78 Å². The molecule has 16 heavy (non-hydrogen) atoms. The van der Waals surface area contributed by atoms with Crippen molar-refractivity contribution in [3.05, 3.63) is 29.7 Å². The van der Waals surface area contributed by atoms with Gasteiger partial charge in [-0.1, -0.05) is 0 Å². The van der Waals surface area contributed by atoms with Crippen molar-refractivity contribution in [2.75, 3.05) is 6.61 Å². The average molecular weight is 221 g/mol. The third-order valence-electron chi connectivity index (χ3n) is 2.11. The van der Waals surface area contributed by atoms with Gasteiger partial charge in [0.1, 0.15) is 12.1 Å². The zero-order chi connectivity index (χ0) is 11.5. The molecule has 0 saturated carbocycles. The number of oxazole rings is 1. The van der Waals surface area contributed by atoms with Crippen molar-refractivity contribution in [1.29, 1.82) is 0 Å². The lowest BCUT2D eigenvalue weighted by Gasteiger charge is -1.93. The Bertz CT molecular complexity index is 518. The van der Waals surface area contributed by atoms with Gasteiger partial charge < -0.3 is 14.3 Å². The van der Waals surface area contributed by atoms with E-state index in [0.717, 1.165) is 0 Å². The number of hydrogen-bond donors (Lipinski definition) is 1. The van der Waals surface area contributed by atoms with Gasteiger partial charge in [-0.05, 0) is 25.1 Å². The highest BCUT2D eigenvalue weighted by atomic mass is 16.5. The first-order valence-corrected chi connectivity index (χ1v) is 4.91. The van der Waals surface area contributed by atoms with Crippen molar-refractivity contribution in [2.45, 2.75) is 13.5 Å². The van der Waals surface area contributed by atoms with Crippen molar-refractivity contribution in [1.82, 2.24) is 4.98 Å². The molecule has 0 aliphatic carbocycles. The van der Waals surface area contributed by atoms with Crippen molar-refractivity contribution < 1.29 is 19.1 Å². The zero-order valence-electron chi connectivity index (χ0n) is 8.77. The maximum atomic E-state index is 10.7. The molecule has 0 fully saturated rings. The number of ether oxygens (including phenoxy) is 1. The third-order valence-corrected chi connectivity index (χ3v) is 2.11. The molecule has 0 aliphatic heterocycles. The summed E-state index contributed by atoms with van der Waals surface area (Å²) < 4.78 is 10.5. The molecule has 2 rings (SSSR count). The molecule has 0 bridgehead atoms. The predicted octanol–water partition coefficient (Wildman–Crippen LogP) is 2.06. The molecule has 1 aromatic heterocycles. The number of carboxylic acids is 1. The molecular formula is C11H11NO4. The number of aromatic nitrogens is 1. The number of carbonyl (C=O) groups is 1. The van der Waals surface area contributed by atoms with Crippen molar-refractivity contribution in [3.63, 3.8) is 0 Å². The van der Waals surface area contributed by atoms with E-state index >= 15 is 0 Å². The van der Waals surface area contributed by atoms with E-state index in [-0.39, 0.29) is 5.56 Å². The molecule has 2 aromatic rings. The van der Waals surface area contributed by atoms with Crippen LogP contribution in [0.5, 0.6) is 0 Å². The molecular weight excluding hydrogens is 210 g/mol. The smallest absolute Gasteiger partial charge is 0.335 e. The molecule has 5 nitrogen and oxygen atoms in total. The minimum Gasteiger partial charge on any atom is -0.478 e. The summed E-state index contributed by atoms with van der Waals surface area (Å²) in [7, 11) is 0. The number of aromatic carboxylic acids is 1. The molecule has 0 amide bonds. The molecule has 1 N–H and O–H groups in total. The van der Waals surface area contributed by atoms with Gasteiger partial charge in [0.15, 0.2) is 5.58 Å². The van der Waals surface area contributed by atoms with Crippen LogP contribution in [0.4, 0.5) is 0 Å². The van der Waals surface area contributed by atoms with Crippen LogP contribution in [0.3, 0.4) is 0 Å². The van der Waals surface area contributed by atoms with E-state index in [1.165, 1.54) is 12.1 Å². The Morgan fingerprint density at radius 1 is 1.56 bits per heavy atom. The molecule has 0 atom stereocenters. The fourth-order valence-corrected chi connectivity index (χ4v) is 1.36. The summed E-state index contributed by atoms with van der Waals surface area (Å²) in [4.78, 5) is 14.9. The van der Waals surface area contributed by atoms with Crippen LogP contribution in [-0.4, -0.2) is 22.7 Å². The van der Waals surface area contributed by atoms with E-state index in [2.05, 4.69) is 4.98 Å². The highest BCUT2D eigenvalue weighted by molar-refractivity contribution is 5.91. The van der Waals surface area contributed by atoms with Crippen LogP contribution in [-0.2, 0) is 11.3 Å². The Morgan fingerprint density at radius 3 is 3.06 bits per heavy atom. The van der Waals surface area contributed by atoms with E-state index in [9.17, 15) is 4.79 Å². The van der Waals surface area contributed by atoms with E-state index in [1.54, 1.807) is 6.07 Å². The predicted molar refractivity (Wildman–Crippen MR) is 56.3 cm³/mol. The quantitative estimate of drug-likeness (QED) is 0.855. The second kappa shape index (κ2) is 4.32. The molecule has 0 saturated heterocycles.